The van der Waals surface area contributed by atoms with Crippen LogP contribution in [0, 0.1) is 0 Å². The van der Waals surface area contributed by atoms with Crippen molar-refractivity contribution < 1.29 is 4.79 Å². The van der Waals surface area contributed by atoms with Gasteiger partial charge >= 0.3 is 0 Å². The quantitative estimate of drug-likeness (QED) is 0.507. The monoisotopic (exact) mass is 113 g/mol. The molecule has 0 spiro atoms. The van der Waals surface area contributed by atoms with E-state index in [9.17, 15) is 4.79 Å². The minimum atomic E-state index is 0.681. The molecule has 0 saturated heterocycles. The molecule has 0 atom stereocenters. The Bertz CT molecular complexity index is 147. The minimum absolute atomic E-state index is 0.681. The summed E-state index contributed by atoms with van der Waals surface area (Å²) in [7, 11) is 0. The highest BCUT2D eigenvalue weighted by Gasteiger charge is 1.84. The van der Waals surface area contributed by atoms with Gasteiger partial charge in [0.1, 0.15) is 0 Å². The highest BCUT2D eigenvalue weighted by molar-refractivity contribution is 7.07. The van der Waals surface area contributed by atoms with E-state index in [1.165, 1.54) is 11.5 Å². The fourth-order valence-electron chi connectivity index (χ4n) is 0.286. The zero-order valence-electron chi connectivity index (χ0n) is 3.50. The van der Waals surface area contributed by atoms with Gasteiger partial charge in [0.2, 0.25) is 0 Å². The van der Waals surface area contributed by atoms with Crippen LogP contribution in [0.5, 0.6) is 0 Å². The molecule has 0 radical (unpaired) electrons. The molecule has 2 nitrogen and oxygen atoms in total. The van der Waals surface area contributed by atoms with Crippen molar-refractivity contribution in [1.82, 2.24) is 4.37 Å². The van der Waals surface area contributed by atoms with Crippen molar-refractivity contribution in [2.45, 2.75) is 0 Å². The molecule has 1 rings (SSSR count). The molecule has 3 heteroatoms. The molecular formula is C4H3NOS. The molecule has 0 unspecified atom stereocenters. The van der Waals surface area contributed by atoms with E-state index in [2.05, 4.69) is 4.37 Å². The van der Waals surface area contributed by atoms with Crippen molar-refractivity contribution in [1.29, 1.82) is 0 Å². The normalized spacial score (nSPS) is 8.57. The van der Waals surface area contributed by atoms with Crippen molar-refractivity contribution >= 4 is 17.8 Å². The van der Waals surface area contributed by atoms with E-state index >= 15 is 0 Å². The summed E-state index contributed by atoms with van der Waals surface area (Å²) in [4.78, 5) is 10.5. The molecule has 0 bridgehead atoms. The first-order valence-corrected chi connectivity index (χ1v) is 2.56. The molecule has 0 aromatic carbocycles. The maximum absolute atomic E-state index is 9.84. The van der Waals surface area contributed by atoms with Crippen molar-refractivity contribution in [3.63, 3.8) is 0 Å². The highest BCUT2D eigenvalue weighted by atomic mass is 32.1. The summed E-state index contributed by atoms with van der Waals surface area (Å²) >= 11 is 1.20. The van der Waals surface area contributed by atoms with Crippen LogP contribution in [0.3, 0.4) is 0 Å². The van der Waals surface area contributed by atoms with Crippen LogP contribution in [-0.2, 0) is 0 Å². The zero-order valence-corrected chi connectivity index (χ0v) is 4.31. The molecule has 7 heavy (non-hydrogen) atoms. The summed E-state index contributed by atoms with van der Waals surface area (Å²) in [5.41, 5.74) is 0. The standard InChI is InChI=1S/C4H3NOS/c6-3-4-1-2-5-7-4/h1-3H. The van der Waals surface area contributed by atoms with Crippen LogP contribution in [0.1, 0.15) is 9.67 Å². The van der Waals surface area contributed by atoms with Crippen LogP contribution in [0.15, 0.2) is 12.3 Å². The second-order valence-electron chi connectivity index (χ2n) is 1.03. The van der Waals surface area contributed by atoms with Gasteiger partial charge in [0.25, 0.3) is 0 Å². The fraction of sp³-hybridized carbons (Fsp3) is 0. The first kappa shape index (κ1) is 4.46. The summed E-state index contributed by atoms with van der Waals surface area (Å²) in [5.74, 6) is 0. The van der Waals surface area contributed by atoms with E-state index in [1.807, 2.05) is 0 Å². The van der Waals surface area contributed by atoms with Gasteiger partial charge in [-0.3, -0.25) is 4.79 Å². The highest BCUT2D eigenvalue weighted by Crippen LogP contribution is 1.97. The van der Waals surface area contributed by atoms with Gasteiger partial charge in [-0.05, 0) is 17.6 Å². The largest absolute Gasteiger partial charge is 0.297 e. The average Bonchev–Trinajstić information content (AvgIpc) is 2.14. The van der Waals surface area contributed by atoms with E-state index in [0.717, 1.165) is 6.29 Å². The number of hydrogen-bond acceptors (Lipinski definition) is 3. The molecule has 1 aromatic heterocycles. The Hall–Kier alpha value is -0.700. The molecule has 0 amide bonds. The van der Waals surface area contributed by atoms with Crippen LogP contribution in [0.4, 0.5) is 0 Å². The lowest BCUT2D eigenvalue weighted by Gasteiger charge is -1.63. The van der Waals surface area contributed by atoms with E-state index in [-0.39, 0.29) is 0 Å². The van der Waals surface area contributed by atoms with Crippen LogP contribution >= 0.6 is 11.5 Å². The van der Waals surface area contributed by atoms with Gasteiger partial charge in [0.05, 0.1) is 4.88 Å². The summed E-state index contributed by atoms with van der Waals surface area (Å²) in [6.07, 6.45) is 2.39. The SMILES string of the molecule is O=Cc1ccns1. The lowest BCUT2D eigenvalue weighted by atomic mass is 10.5. The molecular weight excluding hydrogens is 110 g/mol. The predicted molar refractivity (Wildman–Crippen MR) is 27.5 cm³/mol. The molecule has 0 saturated carbocycles. The maximum atomic E-state index is 9.84. The van der Waals surface area contributed by atoms with Crippen molar-refractivity contribution in [3.05, 3.63) is 17.1 Å². The predicted octanol–water partition coefficient (Wildman–Crippen LogP) is 0.956. The second kappa shape index (κ2) is 1.84. The molecule has 36 valence electrons. The smallest absolute Gasteiger partial charge is 0.161 e. The summed E-state index contributed by atoms with van der Waals surface area (Å²) in [5, 5.41) is 0. The summed E-state index contributed by atoms with van der Waals surface area (Å²) in [6, 6.07) is 1.68. The third-order valence-electron chi connectivity index (χ3n) is 0.574. The number of carbonyl (C=O) groups excluding carboxylic acids is 1. The fourth-order valence-corrected chi connectivity index (χ4v) is 0.695. The Kier molecular flexibility index (Phi) is 1.17. The van der Waals surface area contributed by atoms with Crippen LogP contribution in [0.25, 0.3) is 0 Å². The minimum Gasteiger partial charge on any atom is -0.297 e. The Balaban J connectivity index is 2.96. The molecule has 1 aromatic rings. The average molecular weight is 113 g/mol. The van der Waals surface area contributed by atoms with Gasteiger partial charge in [0, 0.05) is 6.20 Å². The van der Waals surface area contributed by atoms with Gasteiger partial charge in [-0.15, -0.1) is 0 Å². The first-order chi connectivity index (χ1) is 3.43. The molecule has 0 fully saturated rings. The Morgan fingerprint density at radius 3 is 3.00 bits per heavy atom. The van der Waals surface area contributed by atoms with E-state index in [0.29, 0.717) is 4.88 Å². The van der Waals surface area contributed by atoms with E-state index in [4.69, 9.17) is 0 Å². The molecule has 0 aliphatic heterocycles. The molecule has 1 heterocycles. The van der Waals surface area contributed by atoms with Gasteiger partial charge in [-0.25, -0.2) is 4.37 Å². The molecule has 0 aliphatic carbocycles. The van der Waals surface area contributed by atoms with Gasteiger partial charge in [-0.2, -0.15) is 0 Å². The number of nitrogens with zero attached hydrogens (tertiary/aromatic N) is 1. The number of hydrogen-bond donors (Lipinski definition) is 0. The van der Waals surface area contributed by atoms with Crippen LogP contribution < -0.4 is 0 Å². The van der Waals surface area contributed by atoms with E-state index in [1.54, 1.807) is 12.3 Å². The Morgan fingerprint density at radius 2 is 2.71 bits per heavy atom. The number of rotatable bonds is 1. The van der Waals surface area contributed by atoms with Gasteiger partial charge < -0.3 is 0 Å². The summed E-state index contributed by atoms with van der Waals surface area (Å²) in [6.45, 7) is 0. The van der Waals surface area contributed by atoms with Crippen molar-refractivity contribution in [2.24, 2.45) is 0 Å². The number of aromatic nitrogens is 1. The van der Waals surface area contributed by atoms with Crippen molar-refractivity contribution in [2.75, 3.05) is 0 Å². The Morgan fingerprint density at radius 1 is 1.86 bits per heavy atom. The van der Waals surface area contributed by atoms with Crippen molar-refractivity contribution in [3.8, 4) is 0 Å². The van der Waals surface area contributed by atoms with Crippen LogP contribution in [0.2, 0.25) is 0 Å². The topological polar surface area (TPSA) is 30.0 Å². The number of carbonyl (C=O) groups is 1. The van der Waals surface area contributed by atoms with Gasteiger partial charge in [0.15, 0.2) is 6.29 Å². The lowest BCUT2D eigenvalue weighted by molar-refractivity contribution is 0.112. The summed E-state index contributed by atoms with van der Waals surface area (Å²) < 4.78 is 3.70. The second-order valence-corrected chi connectivity index (χ2v) is 1.90. The lowest BCUT2D eigenvalue weighted by Crippen LogP contribution is -1.61. The number of aldehydes is 1. The third-order valence-corrected chi connectivity index (χ3v) is 1.24. The molecule has 0 N–H and O–H groups in total. The zero-order chi connectivity index (χ0) is 5.11. The third kappa shape index (κ3) is 0.838. The van der Waals surface area contributed by atoms with Crippen LogP contribution in [-0.4, -0.2) is 10.7 Å². The van der Waals surface area contributed by atoms with E-state index < -0.39 is 0 Å². The van der Waals surface area contributed by atoms with Gasteiger partial charge in [-0.1, -0.05) is 0 Å². The molecule has 0 aliphatic rings. The first-order valence-electron chi connectivity index (χ1n) is 1.79. The Labute approximate surface area is 45.0 Å². The maximum Gasteiger partial charge on any atom is 0.161 e.